The highest BCUT2D eigenvalue weighted by Crippen LogP contribution is 2.13. The lowest BCUT2D eigenvalue weighted by Crippen LogP contribution is -2.42. The normalized spacial score (nSPS) is 11.5. The van der Waals surface area contributed by atoms with Gasteiger partial charge in [-0.3, -0.25) is 4.79 Å². The van der Waals surface area contributed by atoms with Gasteiger partial charge in [-0.2, -0.15) is 0 Å². The standard InChI is InChI=1S/C17H17NO5/c1-23-14-8-4-12(5-9-14)16(20)18-15(17(21)22)10-11-2-6-13(19)7-3-11/h2-9,15,19H,10H2,1H3,(H,18,20)(H,21,22)/t15-/m1/s1. The number of phenols is 1. The Balaban J connectivity index is 2.07. The maximum atomic E-state index is 12.1. The summed E-state index contributed by atoms with van der Waals surface area (Å²) in [5.41, 5.74) is 1.05. The number of hydrogen-bond donors (Lipinski definition) is 3. The Bertz CT molecular complexity index is 679. The van der Waals surface area contributed by atoms with Gasteiger partial charge in [-0.15, -0.1) is 0 Å². The molecule has 0 aromatic heterocycles. The first kappa shape index (κ1) is 16.4. The number of aromatic hydroxyl groups is 1. The van der Waals surface area contributed by atoms with E-state index in [1.807, 2.05) is 0 Å². The van der Waals surface area contributed by atoms with E-state index in [-0.39, 0.29) is 12.2 Å². The molecule has 0 aliphatic carbocycles. The topological polar surface area (TPSA) is 95.9 Å². The molecule has 0 heterocycles. The number of rotatable bonds is 6. The van der Waals surface area contributed by atoms with E-state index in [0.29, 0.717) is 16.9 Å². The van der Waals surface area contributed by atoms with E-state index in [0.717, 1.165) is 0 Å². The van der Waals surface area contributed by atoms with Gasteiger partial charge < -0.3 is 20.3 Å². The van der Waals surface area contributed by atoms with E-state index in [9.17, 15) is 19.8 Å². The van der Waals surface area contributed by atoms with E-state index in [1.54, 1.807) is 36.4 Å². The zero-order valence-electron chi connectivity index (χ0n) is 12.5. The molecule has 0 spiro atoms. The first-order valence-electron chi connectivity index (χ1n) is 6.95. The fourth-order valence-electron chi connectivity index (χ4n) is 2.05. The van der Waals surface area contributed by atoms with Gasteiger partial charge in [-0.1, -0.05) is 12.1 Å². The van der Waals surface area contributed by atoms with Crippen molar-refractivity contribution in [3.05, 3.63) is 59.7 Å². The van der Waals surface area contributed by atoms with Crippen molar-refractivity contribution in [3.8, 4) is 11.5 Å². The molecule has 0 saturated heterocycles. The van der Waals surface area contributed by atoms with Gasteiger partial charge in [0, 0.05) is 12.0 Å². The lowest BCUT2D eigenvalue weighted by Gasteiger charge is -2.15. The molecule has 0 aliphatic rings. The Morgan fingerprint density at radius 1 is 1.09 bits per heavy atom. The first-order chi connectivity index (χ1) is 11.0. The average molecular weight is 315 g/mol. The van der Waals surface area contributed by atoms with E-state index in [4.69, 9.17) is 4.74 Å². The van der Waals surface area contributed by atoms with Crippen LogP contribution in [0.2, 0.25) is 0 Å². The Morgan fingerprint density at radius 2 is 1.70 bits per heavy atom. The van der Waals surface area contributed by atoms with E-state index >= 15 is 0 Å². The zero-order valence-corrected chi connectivity index (χ0v) is 12.5. The number of benzene rings is 2. The highest BCUT2D eigenvalue weighted by Gasteiger charge is 2.21. The third-order valence-corrected chi connectivity index (χ3v) is 3.33. The minimum atomic E-state index is -1.13. The Morgan fingerprint density at radius 3 is 2.22 bits per heavy atom. The van der Waals surface area contributed by atoms with Gasteiger partial charge in [-0.05, 0) is 42.0 Å². The fraction of sp³-hybridized carbons (Fsp3) is 0.176. The third-order valence-electron chi connectivity index (χ3n) is 3.33. The number of methoxy groups -OCH3 is 1. The SMILES string of the molecule is COc1ccc(C(=O)N[C@H](Cc2ccc(O)cc2)C(=O)O)cc1. The highest BCUT2D eigenvalue weighted by molar-refractivity contribution is 5.96. The molecular formula is C17H17NO5. The summed E-state index contributed by atoms with van der Waals surface area (Å²) in [6.07, 6.45) is 0.123. The van der Waals surface area contributed by atoms with E-state index in [2.05, 4.69) is 5.32 Å². The van der Waals surface area contributed by atoms with Crippen LogP contribution in [0.15, 0.2) is 48.5 Å². The molecule has 0 radical (unpaired) electrons. The van der Waals surface area contributed by atoms with Crippen molar-refractivity contribution in [2.75, 3.05) is 7.11 Å². The van der Waals surface area contributed by atoms with Gasteiger partial charge in [0.2, 0.25) is 0 Å². The van der Waals surface area contributed by atoms with Crippen molar-refractivity contribution in [2.45, 2.75) is 12.5 Å². The molecular weight excluding hydrogens is 298 g/mol. The van der Waals surface area contributed by atoms with Crippen molar-refractivity contribution in [1.29, 1.82) is 0 Å². The van der Waals surface area contributed by atoms with Crippen LogP contribution in [-0.4, -0.2) is 35.2 Å². The molecule has 23 heavy (non-hydrogen) atoms. The van der Waals surface area contributed by atoms with Crippen molar-refractivity contribution < 1.29 is 24.5 Å². The molecule has 120 valence electrons. The molecule has 0 unspecified atom stereocenters. The maximum Gasteiger partial charge on any atom is 0.326 e. The monoisotopic (exact) mass is 315 g/mol. The number of phenolic OH excluding ortho intramolecular Hbond substituents is 1. The summed E-state index contributed by atoms with van der Waals surface area (Å²) in [6, 6.07) is 11.5. The van der Waals surface area contributed by atoms with Crippen LogP contribution in [0.3, 0.4) is 0 Å². The second kappa shape index (κ2) is 7.31. The van der Waals surface area contributed by atoms with Crippen LogP contribution < -0.4 is 10.1 Å². The number of carboxylic acid groups (broad SMARTS) is 1. The molecule has 6 nitrogen and oxygen atoms in total. The summed E-state index contributed by atoms with van der Waals surface area (Å²) < 4.78 is 5.01. The minimum Gasteiger partial charge on any atom is -0.508 e. The van der Waals surface area contributed by atoms with Crippen LogP contribution in [-0.2, 0) is 11.2 Å². The van der Waals surface area contributed by atoms with Crippen molar-refractivity contribution in [3.63, 3.8) is 0 Å². The summed E-state index contributed by atoms with van der Waals surface area (Å²) in [5.74, 6) is -0.887. The molecule has 1 atom stereocenters. The van der Waals surface area contributed by atoms with Crippen molar-refractivity contribution in [2.24, 2.45) is 0 Å². The summed E-state index contributed by atoms with van der Waals surface area (Å²) in [4.78, 5) is 23.5. The fourth-order valence-corrected chi connectivity index (χ4v) is 2.05. The predicted molar refractivity (Wildman–Crippen MR) is 83.7 cm³/mol. The number of carbonyl (C=O) groups is 2. The molecule has 1 amide bonds. The lowest BCUT2D eigenvalue weighted by molar-refractivity contribution is -0.139. The van der Waals surface area contributed by atoms with Crippen molar-refractivity contribution >= 4 is 11.9 Å². The molecule has 6 heteroatoms. The van der Waals surface area contributed by atoms with Crippen LogP contribution in [0.4, 0.5) is 0 Å². The molecule has 2 aromatic rings. The van der Waals surface area contributed by atoms with Crippen LogP contribution in [0.1, 0.15) is 15.9 Å². The minimum absolute atomic E-state index is 0.0999. The van der Waals surface area contributed by atoms with Crippen molar-refractivity contribution in [1.82, 2.24) is 5.32 Å². The largest absolute Gasteiger partial charge is 0.508 e. The summed E-state index contributed by atoms with van der Waals surface area (Å²) in [7, 11) is 1.52. The Labute approximate surface area is 133 Å². The smallest absolute Gasteiger partial charge is 0.326 e. The molecule has 0 fully saturated rings. The van der Waals surface area contributed by atoms with Gasteiger partial charge in [0.25, 0.3) is 5.91 Å². The lowest BCUT2D eigenvalue weighted by atomic mass is 10.1. The van der Waals surface area contributed by atoms with Crippen LogP contribution in [0.5, 0.6) is 11.5 Å². The third kappa shape index (κ3) is 4.47. The van der Waals surface area contributed by atoms with E-state index < -0.39 is 17.9 Å². The summed E-state index contributed by atoms with van der Waals surface area (Å²) in [6.45, 7) is 0. The zero-order chi connectivity index (χ0) is 16.8. The molecule has 0 saturated carbocycles. The number of hydrogen-bond acceptors (Lipinski definition) is 4. The van der Waals surface area contributed by atoms with Gasteiger partial charge in [0.15, 0.2) is 0 Å². The summed E-state index contributed by atoms with van der Waals surface area (Å²) in [5, 5.41) is 21.0. The Kier molecular flexibility index (Phi) is 5.19. The van der Waals surface area contributed by atoms with E-state index in [1.165, 1.54) is 19.2 Å². The second-order valence-electron chi connectivity index (χ2n) is 4.96. The molecule has 0 aliphatic heterocycles. The quantitative estimate of drug-likeness (QED) is 0.756. The van der Waals surface area contributed by atoms with Crippen LogP contribution >= 0.6 is 0 Å². The number of aliphatic carboxylic acids is 1. The van der Waals surface area contributed by atoms with Crippen LogP contribution in [0.25, 0.3) is 0 Å². The summed E-state index contributed by atoms with van der Waals surface area (Å²) >= 11 is 0. The van der Waals surface area contributed by atoms with Gasteiger partial charge >= 0.3 is 5.97 Å². The number of carboxylic acids is 1. The second-order valence-corrected chi connectivity index (χ2v) is 4.96. The number of ether oxygens (including phenoxy) is 1. The number of amides is 1. The van der Waals surface area contributed by atoms with Gasteiger partial charge in [-0.25, -0.2) is 4.79 Å². The highest BCUT2D eigenvalue weighted by atomic mass is 16.5. The molecule has 2 rings (SSSR count). The van der Waals surface area contributed by atoms with Gasteiger partial charge in [0.05, 0.1) is 7.11 Å². The average Bonchev–Trinajstić information content (AvgIpc) is 2.56. The molecule has 3 N–H and O–H groups in total. The number of carbonyl (C=O) groups excluding carboxylic acids is 1. The molecule has 0 bridgehead atoms. The Hall–Kier alpha value is -3.02. The van der Waals surface area contributed by atoms with Gasteiger partial charge in [0.1, 0.15) is 17.5 Å². The maximum absolute atomic E-state index is 12.1. The predicted octanol–water partition coefficient (Wildman–Crippen LogP) is 1.83. The van der Waals surface area contributed by atoms with Crippen LogP contribution in [0, 0.1) is 0 Å². The molecule has 2 aromatic carbocycles. The number of nitrogens with one attached hydrogen (secondary N) is 1. The first-order valence-corrected chi connectivity index (χ1v) is 6.95.